The summed E-state index contributed by atoms with van der Waals surface area (Å²) in [6, 6.07) is 12.5. The van der Waals surface area contributed by atoms with E-state index in [1.807, 2.05) is 26.0 Å². The van der Waals surface area contributed by atoms with Crippen LogP contribution in [0.1, 0.15) is 28.2 Å². The van der Waals surface area contributed by atoms with Crippen LogP contribution in [0.4, 0.5) is 5.69 Å². The van der Waals surface area contributed by atoms with Crippen LogP contribution in [0, 0.1) is 13.8 Å². The monoisotopic (exact) mass is 253 g/mol. The fraction of sp³-hybridized carbons (Fsp3) is 0.294. The molecule has 1 unspecified atom stereocenters. The van der Waals surface area contributed by atoms with E-state index >= 15 is 0 Å². The molecule has 0 amide bonds. The molecule has 0 heterocycles. The molecule has 1 aliphatic carbocycles. The van der Waals surface area contributed by atoms with Crippen molar-refractivity contribution in [2.24, 2.45) is 0 Å². The molecule has 2 aromatic carbocycles. The predicted molar refractivity (Wildman–Crippen MR) is 78.7 cm³/mol. The number of benzene rings is 2. The van der Waals surface area contributed by atoms with Crippen molar-refractivity contribution in [2.75, 3.05) is 12.3 Å². The minimum atomic E-state index is 0.535. The van der Waals surface area contributed by atoms with Gasteiger partial charge in [-0.1, -0.05) is 24.3 Å². The van der Waals surface area contributed by atoms with Gasteiger partial charge < -0.3 is 10.5 Å². The molecule has 3 rings (SSSR count). The third kappa shape index (κ3) is 2.19. The highest BCUT2D eigenvalue weighted by Gasteiger charge is 2.26. The molecule has 0 bridgehead atoms. The zero-order valence-electron chi connectivity index (χ0n) is 11.4. The SMILES string of the molecule is Cc1cc(N)cc(C)c1OCC1Cc2ccccc21. The van der Waals surface area contributed by atoms with Crippen molar-refractivity contribution in [2.45, 2.75) is 26.2 Å². The van der Waals surface area contributed by atoms with Crippen molar-refractivity contribution in [1.29, 1.82) is 0 Å². The lowest BCUT2D eigenvalue weighted by Crippen LogP contribution is -2.23. The molecule has 1 atom stereocenters. The molecule has 0 saturated heterocycles. The molecular weight excluding hydrogens is 234 g/mol. The number of rotatable bonds is 3. The van der Waals surface area contributed by atoms with Gasteiger partial charge in [-0.25, -0.2) is 0 Å². The van der Waals surface area contributed by atoms with Crippen molar-refractivity contribution in [3.05, 3.63) is 58.7 Å². The summed E-state index contributed by atoms with van der Waals surface area (Å²) >= 11 is 0. The lowest BCUT2D eigenvalue weighted by Gasteiger charge is -2.30. The Morgan fingerprint density at radius 2 is 1.84 bits per heavy atom. The smallest absolute Gasteiger partial charge is 0.125 e. The Kier molecular flexibility index (Phi) is 2.94. The topological polar surface area (TPSA) is 35.2 Å². The van der Waals surface area contributed by atoms with Crippen LogP contribution < -0.4 is 10.5 Å². The Labute approximate surface area is 114 Å². The molecule has 98 valence electrons. The maximum absolute atomic E-state index is 6.03. The summed E-state index contributed by atoms with van der Waals surface area (Å²) in [5.74, 6) is 1.52. The molecule has 2 heteroatoms. The first-order valence-corrected chi connectivity index (χ1v) is 6.72. The van der Waals surface area contributed by atoms with E-state index in [2.05, 4.69) is 24.3 Å². The van der Waals surface area contributed by atoms with Crippen LogP contribution in [0.5, 0.6) is 5.75 Å². The Hall–Kier alpha value is -1.96. The first-order valence-electron chi connectivity index (χ1n) is 6.72. The van der Waals surface area contributed by atoms with Gasteiger partial charge in [0.15, 0.2) is 0 Å². The van der Waals surface area contributed by atoms with Crippen molar-refractivity contribution >= 4 is 5.69 Å². The maximum atomic E-state index is 6.03. The van der Waals surface area contributed by atoms with Gasteiger partial charge in [0, 0.05) is 11.6 Å². The molecule has 2 aromatic rings. The van der Waals surface area contributed by atoms with Crippen LogP contribution in [-0.2, 0) is 6.42 Å². The molecule has 1 aliphatic rings. The van der Waals surface area contributed by atoms with Crippen LogP contribution in [0.3, 0.4) is 0 Å². The van der Waals surface area contributed by atoms with E-state index in [-0.39, 0.29) is 0 Å². The second kappa shape index (κ2) is 4.61. The van der Waals surface area contributed by atoms with E-state index in [9.17, 15) is 0 Å². The van der Waals surface area contributed by atoms with Gasteiger partial charge in [0.25, 0.3) is 0 Å². The predicted octanol–water partition coefficient (Wildman–Crippen LogP) is 3.60. The number of hydrogen-bond acceptors (Lipinski definition) is 2. The van der Waals surface area contributed by atoms with Gasteiger partial charge in [-0.3, -0.25) is 0 Å². The first-order chi connectivity index (χ1) is 9.15. The summed E-state index contributed by atoms with van der Waals surface area (Å²) in [7, 11) is 0. The molecule has 0 aliphatic heterocycles. The summed E-state index contributed by atoms with van der Waals surface area (Å²) in [6.07, 6.45) is 1.13. The van der Waals surface area contributed by atoms with E-state index in [0.717, 1.165) is 35.6 Å². The molecule has 0 aromatic heterocycles. The minimum absolute atomic E-state index is 0.535. The second-order valence-corrected chi connectivity index (χ2v) is 5.39. The van der Waals surface area contributed by atoms with Gasteiger partial charge >= 0.3 is 0 Å². The van der Waals surface area contributed by atoms with Crippen molar-refractivity contribution in [3.63, 3.8) is 0 Å². The van der Waals surface area contributed by atoms with E-state index in [1.54, 1.807) is 0 Å². The molecule has 19 heavy (non-hydrogen) atoms. The minimum Gasteiger partial charge on any atom is -0.492 e. The largest absolute Gasteiger partial charge is 0.492 e. The van der Waals surface area contributed by atoms with Gasteiger partial charge in [-0.05, 0) is 54.7 Å². The average molecular weight is 253 g/mol. The Bertz CT molecular complexity index is 595. The van der Waals surface area contributed by atoms with Crippen LogP contribution >= 0.6 is 0 Å². The van der Waals surface area contributed by atoms with Gasteiger partial charge in [0.2, 0.25) is 0 Å². The number of nitrogen functional groups attached to an aromatic ring is 1. The molecule has 0 radical (unpaired) electrons. The highest BCUT2D eigenvalue weighted by molar-refractivity contribution is 5.52. The number of nitrogens with two attached hydrogens (primary N) is 1. The summed E-state index contributed by atoms with van der Waals surface area (Å²) in [5.41, 5.74) is 11.8. The van der Waals surface area contributed by atoms with Gasteiger partial charge in [0.05, 0.1) is 6.61 Å². The van der Waals surface area contributed by atoms with Crippen molar-refractivity contribution in [3.8, 4) is 5.75 Å². The summed E-state index contributed by atoms with van der Waals surface area (Å²) in [4.78, 5) is 0. The van der Waals surface area contributed by atoms with E-state index in [1.165, 1.54) is 11.1 Å². The Morgan fingerprint density at radius 1 is 1.16 bits per heavy atom. The first kappa shape index (κ1) is 12.1. The van der Waals surface area contributed by atoms with Crippen molar-refractivity contribution < 1.29 is 4.74 Å². The lowest BCUT2D eigenvalue weighted by atomic mass is 9.78. The highest BCUT2D eigenvalue weighted by Crippen LogP contribution is 2.36. The number of anilines is 1. The fourth-order valence-corrected chi connectivity index (χ4v) is 2.91. The lowest BCUT2D eigenvalue weighted by molar-refractivity contribution is 0.272. The molecule has 0 saturated carbocycles. The fourth-order valence-electron chi connectivity index (χ4n) is 2.91. The third-order valence-corrected chi connectivity index (χ3v) is 3.87. The van der Waals surface area contributed by atoms with E-state index in [4.69, 9.17) is 10.5 Å². The van der Waals surface area contributed by atoms with Crippen molar-refractivity contribution in [1.82, 2.24) is 0 Å². The summed E-state index contributed by atoms with van der Waals surface area (Å²) in [6.45, 7) is 4.85. The van der Waals surface area contributed by atoms with E-state index < -0.39 is 0 Å². The zero-order valence-corrected chi connectivity index (χ0v) is 11.4. The number of aryl methyl sites for hydroxylation is 2. The molecular formula is C17H19NO. The van der Waals surface area contributed by atoms with Crippen LogP contribution in [0.25, 0.3) is 0 Å². The van der Waals surface area contributed by atoms with Gasteiger partial charge in [-0.2, -0.15) is 0 Å². The van der Waals surface area contributed by atoms with Crippen LogP contribution in [-0.4, -0.2) is 6.61 Å². The summed E-state index contributed by atoms with van der Waals surface area (Å²) in [5, 5.41) is 0. The molecule has 0 spiro atoms. The number of fused-ring (bicyclic) bond motifs is 1. The standard InChI is InChI=1S/C17H19NO/c1-11-7-15(18)8-12(2)17(11)19-10-14-9-13-5-3-4-6-16(13)14/h3-8,14H,9-10,18H2,1-2H3. The molecule has 2 N–H and O–H groups in total. The quantitative estimate of drug-likeness (QED) is 0.848. The molecule has 0 fully saturated rings. The Morgan fingerprint density at radius 3 is 2.53 bits per heavy atom. The summed E-state index contributed by atoms with van der Waals surface area (Å²) < 4.78 is 6.03. The third-order valence-electron chi connectivity index (χ3n) is 3.87. The average Bonchev–Trinajstić information content (AvgIpc) is 2.33. The second-order valence-electron chi connectivity index (χ2n) is 5.39. The van der Waals surface area contributed by atoms with E-state index in [0.29, 0.717) is 5.92 Å². The maximum Gasteiger partial charge on any atom is 0.125 e. The van der Waals surface area contributed by atoms with Gasteiger partial charge in [-0.15, -0.1) is 0 Å². The van der Waals surface area contributed by atoms with Crippen LogP contribution in [0.2, 0.25) is 0 Å². The highest BCUT2D eigenvalue weighted by atomic mass is 16.5. The van der Waals surface area contributed by atoms with Crippen LogP contribution in [0.15, 0.2) is 36.4 Å². The molecule has 2 nitrogen and oxygen atoms in total. The Balaban J connectivity index is 1.72. The number of ether oxygens (including phenoxy) is 1. The normalized spacial score (nSPS) is 16.6. The van der Waals surface area contributed by atoms with Gasteiger partial charge in [0.1, 0.15) is 5.75 Å². The zero-order chi connectivity index (χ0) is 13.4. The number of hydrogen-bond donors (Lipinski definition) is 1.